The van der Waals surface area contributed by atoms with Crippen molar-refractivity contribution in [2.45, 2.75) is 11.3 Å². The summed E-state index contributed by atoms with van der Waals surface area (Å²) in [5, 5.41) is 3.07. The summed E-state index contributed by atoms with van der Waals surface area (Å²) in [6, 6.07) is 19.2. The van der Waals surface area contributed by atoms with E-state index >= 15 is 0 Å². The van der Waals surface area contributed by atoms with E-state index in [2.05, 4.69) is 10.3 Å². The molecule has 1 N–H and O–H groups in total. The first kappa shape index (κ1) is 19.1. The van der Waals surface area contributed by atoms with E-state index in [1.165, 1.54) is 24.3 Å². The van der Waals surface area contributed by atoms with Gasteiger partial charge < -0.3 is 5.32 Å². The highest BCUT2D eigenvalue weighted by Crippen LogP contribution is 2.19. The van der Waals surface area contributed by atoms with Gasteiger partial charge in [0.25, 0.3) is 0 Å². The van der Waals surface area contributed by atoms with E-state index in [1.54, 1.807) is 12.3 Å². The topological polar surface area (TPSA) is 76.1 Å². The molecule has 5 nitrogen and oxygen atoms in total. The molecule has 138 valence electrons. The Morgan fingerprint density at radius 3 is 2.26 bits per heavy atom. The van der Waals surface area contributed by atoms with E-state index in [4.69, 9.17) is 11.6 Å². The van der Waals surface area contributed by atoms with Crippen molar-refractivity contribution in [3.05, 3.63) is 77.9 Å². The van der Waals surface area contributed by atoms with E-state index in [0.717, 1.165) is 11.1 Å². The molecule has 0 aliphatic carbocycles. The van der Waals surface area contributed by atoms with Crippen LogP contribution in [0.15, 0.2) is 77.8 Å². The van der Waals surface area contributed by atoms with Crippen LogP contribution in [-0.4, -0.2) is 25.1 Å². The molecule has 0 bridgehead atoms. The summed E-state index contributed by atoms with van der Waals surface area (Å²) in [4.78, 5) is 16.4. The zero-order chi connectivity index (χ0) is 19.3. The maximum Gasteiger partial charge on any atom is 0.226 e. The Morgan fingerprint density at radius 2 is 1.63 bits per heavy atom. The largest absolute Gasteiger partial charge is 0.311 e. The van der Waals surface area contributed by atoms with Gasteiger partial charge in [0, 0.05) is 23.2 Å². The minimum absolute atomic E-state index is 0.144. The molecule has 1 aromatic heterocycles. The van der Waals surface area contributed by atoms with Gasteiger partial charge in [-0.2, -0.15) is 0 Å². The van der Waals surface area contributed by atoms with Crippen molar-refractivity contribution < 1.29 is 13.2 Å². The standard InChI is InChI=1S/C20H17ClN2O3S/c21-17-7-9-18(10-8-17)27(25,26)13-12-20(24)23-19-11-6-16(14-22-19)15-4-2-1-3-5-15/h1-11,14H,12-13H2,(H,22,23,24). The highest BCUT2D eigenvalue weighted by atomic mass is 35.5. The summed E-state index contributed by atoms with van der Waals surface area (Å²) in [7, 11) is -3.55. The number of rotatable bonds is 6. The molecule has 1 heterocycles. The summed E-state index contributed by atoms with van der Waals surface area (Å²) in [6.07, 6.45) is 1.50. The average molecular weight is 401 g/mol. The molecular weight excluding hydrogens is 384 g/mol. The van der Waals surface area contributed by atoms with Gasteiger partial charge >= 0.3 is 0 Å². The van der Waals surface area contributed by atoms with E-state index in [0.29, 0.717) is 10.8 Å². The van der Waals surface area contributed by atoms with Crippen molar-refractivity contribution in [1.29, 1.82) is 0 Å². The Labute approximate surface area is 163 Å². The monoisotopic (exact) mass is 400 g/mol. The molecule has 0 saturated heterocycles. The van der Waals surface area contributed by atoms with Crippen molar-refractivity contribution in [2.24, 2.45) is 0 Å². The van der Waals surface area contributed by atoms with Gasteiger partial charge in [-0.3, -0.25) is 4.79 Å². The number of hydrogen-bond donors (Lipinski definition) is 1. The number of carbonyl (C=O) groups is 1. The molecule has 0 radical (unpaired) electrons. The molecule has 3 aromatic rings. The summed E-state index contributed by atoms with van der Waals surface area (Å²) in [5.41, 5.74) is 1.95. The van der Waals surface area contributed by atoms with E-state index in [9.17, 15) is 13.2 Å². The Balaban J connectivity index is 1.58. The molecular formula is C20H17ClN2O3S. The number of anilines is 1. The fourth-order valence-corrected chi connectivity index (χ4v) is 3.83. The maximum atomic E-state index is 12.3. The molecule has 0 saturated carbocycles. The minimum Gasteiger partial charge on any atom is -0.311 e. The number of halogens is 1. The fraction of sp³-hybridized carbons (Fsp3) is 0.100. The van der Waals surface area contributed by atoms with Crippen LogP contribution >= 0.6 is 11.6 Å². The normalized spacial score (nSPS) is 11.1. The van der Waals surface area contributed by atoms with Crippen molar-refractivity contribution in [2.75, 3.05) is 11.1 Å². The van der Waals surface area contributed by atoms with Crippen LogP contribution in [0.25, 0.3) is 11.1 Å². The van der Waals surface area contributed by atoms with Gasteiger partial charge in [0.15, 0.2) is 9.84 Å². The molecule has 1 amide bonds. The number of nitrogens with one attached hydrogen (secondary N) is 1. The molecule has 0 atom stereocenters. The average Bonchev–Trinajstić information content (AvgIpc) is 2.68. The van der Waals surface area contributed by atoms with Crippen LogP contribution < -0.4 is 5.32 Å². The van der Waals surface area contributed by atoms with Crippen LogP contribution in [0.2, 0.25) is 5.02 Å². The zero-order valence-corrected chi connectivity index (χ0v) is 15.9. The lowest BCUT2D eigenvalue weighted by atomic mass is 10.1. The third-order valence-electron chi connectivity index (χ3n) is 3.91. The van der Waals surface area contributed by atoms with Crippen molar-refractivity contribution >= 4 is 33.2 Å². The molecule has 7 heteroatoms. The van der Waals surface area contributed by atoms with Gasteiger partial charge in [-0.15, -0.1) is 0 Å². The quantitative estimate of drug-likeness (QED) is 0.672. The summed E-state index contributed by atoms with van der Waals surface area (Å²) < 4.78 is 24.5. The lowest BCUT2D eigenvalue weighted by Gasteiger charge is -2.07. The van der Waals surface area contributed by atoms with Crippen LogP contribution in [0.5, 0.6) is 0 Å². The van der Waals surface area contributed by atoms with Gasteiger partial charge in [0.1, 0.15) is 5.82 Å². The Morgan fingerprint density at radius 1 is 0.926 bits per heavy atom. The number of pyridine rings is 1. The number of sulfone groups is 1. The molecule has 0 spiro atoms. The fourth-order valence-electron chi connectivity index (χ4n) is 2.46. The van der Waals surface area contributed by atoms with Gasteiger partial charge in [0.05, 0.1) is 10.6 Å². The highest BCUT2D eigenvalue weighted by Gasteiger charge is 2.16. The number of carbonyl (C=O) groups excluding carboxylic acids is 1. The maximum absolute atomic E-state index is 12.3. The van der Waals surface area contributed by atoms with E-state index < -0.39 is 15.7 Å². The molecule has 0 fully saturated rings. The predicted octanol–water partition coefficient (Wildman–Crippen LogP) is 4.20. The van der Waals surface area contributed by atoms with Crippen LogP contribution in [0.4, 0.5) is 5.82 Å². The van der Waals surface area contributed by atoms with Crippen molar-refractivity contribution in [1.82, 2.24) is 4.98 Å². The number of benzene rings is 2. The molecule has 27 heavy (non-hydrogen) atoms. The molecule has 0 aliphatic rings. The van der Waals surface area contributed by atoms with Gasteiger partial charge in [-0.05, 0) is 42.0 Å². The van der Waals surface area contributed by atoms with Crippen LogP contribution in [0.1, 0.15) is 6.42 Å². The number of aromatic nitrogens is 1. The molecule has 3 rings (SSSR count). The Kier molecular flexibility index (Phi) is 5.88. The van der Waals surface area contributed by atoms with Gasteiger partial charge in [0.2, 0.25) is 5.91 Å². The lowest BCUT2D eigenvalue weighted by molar-refractivity contribution is -0.115. The first-order valence-corrected chi connectivity index (χ1v) is 10.3. The lowest BCUT2D eigenvalue weighted by Crippen LogP contribution is -2.18. The number of amides is 1. The van der Waals surface area contributed by atoms with Crippen LogP contribution in [-0.2, 0) is 14.6 Å². The highest BCUT2D eigenvalue weighted by molar-refractivity contribution is 7.91. The first-order chi connectivity index (χ1) is 12.9. The van der Waals surface area contributed by atoms with Gasteiger partial charge in [-0.1, -0.05) is 41.9 Å². The van der Waals surface area contributed by atoms with Crippen molar-refractivity contribution in [3.8, 4) is 11.1 Å². The second-order valence-electron chi connectivity index (χ2n) is 5.87. The smallest absolute Gasteiger partial charge is 0.226 e. The Bertz CT molecular complexity index is 1020. The molecule has 2 aromatic carbocycles. The molecule has 0 aliphatic heterocycles. The summed E-state index contributed by atoms with van der Waals surface area (Å²) in [6.45, 7) is 0. The number of nitrogens with zero attached hydrogens (tertiary/aromatic N) is 1. The zero-order valence-electron chi connectivity index (χ0n) is 14.3. The second kappa shape index (κ2) is 8.33. The SMILES string of the molecule is O=C(CCS(=O)(=O)c1ccc(Cl)cc1)Nc1ccc(-c2ccccc2)cn1. The summed E-state index contributed by atoms with van der Waals surface area (Å²) in [5.74, 6) is -0.321. The van der Waals surface area contributed by atoms with Gasteiger partial charge in [-0.25, -0.2) is 13.4 Å². The third kappa shape index (κ3) is 5.15. The predicted molar refractivity (Wildman–Crippen MR) is 106 cm³/mol. The van der Waals surface area contributed by atoms with Crippen LogP contribution in [0, 0.1) is 0 Å². The minimum atomic E-state index is -3.55. The second-order valence-corrected chi connectivity index (χ2v) is 8.41. The Hall–Kier alpha value is -2.70. The van der Waals surface area contributed by atoms with E-state index in [-0.39, 0.29) is 17.1 Å². The first-order valence-electron chi connectivity index (χ1n) is 8.24. The molecule has 0 unspecified atom stereocenters. The number of hydrogen-bond acceptors (Lipinski definition) is 4. The third-order valence-corrected chi connectivity index (χ3v) is 5.89. The van der Waals surface area contributed by atoms with E-state index in [1.807, 2.05) is 36.4 Å². The van der Waals surface area contributed by atoms with Crippen LogP contribution in [0.3, 0.4) is 0 Å². The van der Waals surface area contributed by atoms with Crippen molar-refractivity contribution in [3.63, 3.8) is 0 Å². The summed E-state index contributed by atoms with van der Waals surface area (Å²) >= 11 is 5.76.